The van der Waals surface area contributed by atoms with E-state index in [9.17, 15) is 8.78 Å². The van der Waals surface area contributed by atoms with Gasteiger partial charge in [-0.05, 0) is 36.5 Å². The van der Waals surface area contributed by atoms with Crippen LogP contribution in [-0.2, 0) is 0 Å². The van der Waals surface area contributed by atoms with E-state index in [4.69, 9.17) is 0 Å². The molecule has 1 aliphatic heterocycles. The molecule has 3 atom stereocenters. The Morgan fingerprint density at radius 2 is 1.79 bits per heavy atom. The number of nitrogens with one attached hydrogen (secondary N) is 1. The molecule has 1 nitrogen and oxygen atoms in total. The summed E-state index contributed by atoms with van der Waals surface area (Å²) in [6.45, 7) is 0. The highest BCUT2D eigenvalue weighted by Crippen LogP contribution is 2.46. The summed E-state index contributed by atoms with van der Waals surface area (Å²) in [5.74, 6) is -0.226. The fraction of sp³-hybridized carbons (Fsp3) is 0.455. The van der Waals surface area contributed by atoms with Crippen molar-refractivity contribution in [2.75, 3.05) is 0 Å². The van der Waals surface area contributed by atoms with Crippen LogP contribution in [0, 0.1) is 17.6 Å². The number of piperidine rings is 1. The maximum atomic E-state index is 12.9. The molecule has 2 aliphatic rings. The summed E-state index contributed by atoms with van der Waals surface area (Å²) in [4.78, 5) is 0. The summed E-state index contributed by atoms with van der Waals surface area (Å²) in [6, 6.07) is 4.52. The second kappa shape index (κ2) is 2.76. The Morgan fingerprint density at radius 1 is 1.07 bits per heavy atom. The normalized spacial score (nSPS) is 34.3. The summed E-state index contributed by atoms with van der Waals surface area (Å²) in [5, 5.41) is 3.37. The number of fused-ring (bicyclic) bond motifs is 1. The molecule has 1 saturated heterocycles. The molecular weight excluding hydrogens is 184 g/mol. The second-order valence-electron chi connectivity index (χ2n) is 4.26. The lowest BCUT2D eigenvalue weighted by atomic mass is 10.0. The van der Waals surface area contributed by atoms with Gasteiger partial charge < -0.3 is 5.32 Å². The zero-order chi connectivity index (χ0) is 9.71. The molecule has 1 saturated carbocycles. The highest BCUT2D eigenvalue weighted by molar-refractivity contribution is 5.24. The van der Waals surface area contributed by atoms with Crippen LogP contribution in [0.4, 0.5) is 8.78 Å². The molecule has 0 radical (unpaired) electrons. The van der Waals surface area contributed by atoms with E-state index in [1.807, 2.05) is 0 Å². The molecule has 0 unspecified atom stereocenters. The van der Waals surface area contributed by atoms with E-state index in [0.717, 1.165) is 24.0 Å². The Labute approximate surface area is 81.1 Å². The first kappa shape index (κ1) is 8.36. The molecule has 1 heterocycles. The molecule has 0 aromatic heterocycles. The molecule has 3 rings (SSSR count). The van der Waals surface area contributed by atoms with Crippen molar-refractivity contribution >= 4 is 0 Å². The van der Waals surface area contributed by atoms with Crippen molar-refractivity contribution in [3.8, 4) is 0 Å². The van der Waals surface area contributed by atoms with Crippen molar-refractivity contribution in [2.45, 2.75) is 24.9 Å². The van der Waals surface area contributed by atoms with Crippen LogP contribution >= 0.6 is 0 Å². The minimum atomic E-state index is -0.484. The van der Waals surface area contributed by atoms with Gasteiger partial charge in [0.1, 0.15) is 11.6 Å². The first-order chi connectivity index (χ1) is 6.72. The summed E-state index contributed by atoms with van der Waals surface area (Å²) >= 11 is 0. The van der Waals surface area contributed by atoms with Crippen molar-refractivity contribution < 1.29 is 8.78 Å². The van der Waals surface area contributed by atoms with Gasteiger partial charge in [0.15, 0.2) is 0 Å². The van der Waals surface area contributed by atoms with Gasteiger partial charge in [-0.15, -0.1) is 0 Å². The Balaban J connectivity index is 1.88. The van der Waals surface area contributed by atoms with Gasteiger partial charge in [-0.2, -0.15) is 0 Å². The van der Waals surface area contributed by atoms with E-state index in [1.165, 1.54) is 18.6 Å². The first-order valence-electron chi connectivity index (χ1n) is 4.94. The van der Waals surface area contributed by atoms with Crippen molar-refractivity contribution in [1.29, 1.82) is 0 Å². The molecule has 2 fully saturated rings. The molecule has 1 N–H and O–H groups in total. The molecule has 0 spiro atoms. The average molecular weight is 195 g/mol. The third kappa shape index (κ3) is 1.32. The third-order valence-corrected chi connectivity index (χ3v) is 3.16. The Kier molecular flexibility index (Phi) is 1.65. The van der Waals surface area contributed by atoms with Gasteiger partial charge in [-0.3, -0.25) is 0 Å². The first-order valence-corrected chi connectivity index (χ1v) is 4.94. The zero-order valence-electron chi connectivity index (χ0n) is 7.63. The quantitative estimate of drug-likeness (QED) is 0.725. The van der Waals surface area contributed by atoms with Crippen LogP contribution in [0.15, 0.2) is 18.2 Å². The number of rotatable bonds is 1. The van der Waals surface area contributed by atoms with Gasteiger partial charge in [0.05, 0.1) is 0 Å². The van der Waals surface area contributed by atoms with Crippen LogP contribution in [0.1, 0.15) is 24.4 Å². The number of hydrogen-bond donors (Lipinski definition) is 1. The predicted molar refractivity (Wildman–Crippen MR) is 48.7 cm³/mol. The Morgan fingerprint density at radius 3 is 2.36 bits per heavy atom. The Bertz CT molecular complexity index is 347. The average Bonchev–Trinajstić information content (AvgIpc) is 2.72. The standard InChI is InChI=1S/C11H11F2N/c12-8-1-6(2-9(13)5-8)10-3-7-4-11(7)14-10/h1-2,5,7,10-11,14H,3-4H2/t7-,10-,11+/m0/s1. The summed E-state index contributed by atoms with van der Waals surface area (Å²) in [5.41, 5.74) is 0.745. The smallest absolute Gasteiger partial charge is 0.126 e. The van der Waals surface area contributed by atoms with E-state index in [1.54, 1.807) is 0 Å². The molecule has 74 valence electrons. The molecule has 3 heteroatoms. The van der Waals surface area contributed by atoms with Gasteiger partial charge in [0.25, 0.3) is 0 Å². The summed E-state index contributed by atoms with van der Waals surface area (Å²) in [7, 11) is 0. The van der Waals surface area contributed by atoms with Gasteiger partial charge in [-0.25, -0.2) is 8.78 Å². The molecule has 1 aromatic rings. The topological polar surface area (TPSA) is 12.0 Å². The fourth-order valence-corrected chi connectivity index (χ4v) is 2.35. The molecule has 14 heavy (non-hydrogen) atoms. The maximum absolute atomic E-state index is 12.9. The highest BCUT2D eigenvalue weighted by Gasteiger charge is 2.45. The van der Waals surface area contributed by atoms with Crippen LogP contribution in [0.5, 0.6) is 0 Å². The van der Waals surface area contributed by atoms with Crippen LogP contribution in [0.2, 0.25) is 0 Å². The third-order valence-electron chi connectivity index (χ3n) is 3.16. The largest absolute Gasteiger partial charge is 0.307 e. The lowest BCUT2D eigenvalue weighted by molar-refractivity contribution is 0.540. The Hall–Kier alpha value is -0.960. The molecule has 0 bridgehead atoms. The number of hydrogen-bond acceptors (Lipinski definition) is 1. The van der Waals surface area contributed by atoms with Crippen molar-refractivity contribution in [1.82, 2.24) is 5.32 Å². The monoisotopic (exact) mass is 195 g/mol. The van der Waals surface area contributed by atoms with Crippen molar-refractivity contribution in [3.05, 3.63) is 35.4 Å². The van der Waals surface area contributed by atoms with Crippen LogP contribution in [-0.4, -0.2) is 6.04 Å². The second-order valence-corrected chi connectivity index (χ2v) is 4.26. The molecule has 0 amide bonds. The van der Waals surface area contributed by atoms with E-state index in [0.29, 0.717) is 6.04 Å². The minimum Gasteiger partial charge on any atom is -0.307 e. The van der Waals surface area contributed by atoms with E-state index < -0.39 is 11.6 Å². The lowest BCUT2D eigenvalue weighted by Crippen LogP contribution is -2.17. The fourth-order valence-electron chi connectivity index (χ4n) is 2.35. The van der Waals surface area contributed by atoms with Gasteiger partial charge in [0.2, 0.25) is 0 Å². The van der Waals surface area contributed by atoms with Crippen LogP contribution in [0.25, 0.3) is 0 Å². The van der Waals surface area contributed by atoms with Gasteiger partial charge >= 0.3 is 0 Å². The summed E-state index contributed by atoms with van der Waals surface area (Å²) in [6.07, 6.45) is 2.25. The van der Waals surface area contributed by atoms with Crippen LogP contribution < -0.4 is 5.32 Å². The maximum Gasteiger partial charge on any atom is 0.126 e. The van der Waals surface area contributed by atoms with Gasteiger partial charge in [-0.1, -0.05) is 0 Å². The van der Waals surface area contributed by atoms with E-state index >= 15 is 0 Å². The lowest BCUT2D eigenvalue weighted by Gasteiger charge is -2.13. The molecular formula is C11H11F2N. The highest BCUT2D eigenvalue weighted by atomic mass is 19.1. The zero-order valence-corrected chi connectivity index (χ0v) is 7.63. The SMILES string of the molecule is Fc1cc(F)cc([C@@H]2C[C@H]3C[C@H]3N2)c1. The predicted octanol–water partition coefficient (Wildman–Crippen LogP) is 2.39. The summed E-state index contributed by atoms with van der Waals surface area (Å²) < 4.78 is 25.8. The minimum absolute atomic E-state index is 0.156. The molecule has 1 aromatic carbocycles. The van der Waals surface area contributed by atoms with Crippen molar-refractivity contribution in [2.24, 2.45) is 5.92 Å². The number of benzene rings is 1. The van der Waals surface area contributed by atoms with Gasteiger partial charge in [0, 0.05) is 18.2 Å². The molecule has 1 aliphatic carbocycles. The van der Waals surface area contributed by atoms with Crippen molar-refractivity contribution in [3.63, 3.8) is 0 Å². The van der Waals surface area contributed by atoms with E-state index in [-0.39, 0.29) is 6.04 Å². The van der Waals surface area contributed by atoms with Crippen LogP contribution in [0.3, 0.4) is 0 Å². The number of halogens is 2. The van der Waals surface area contributed by atoms with E-state index in [2.05, 4.69) is 5.32 Å².